The topological polar surface area (TPSA) is 140 Å². The van der Waals surface area contributed by atoms with Gasteiger partial charge in [-0.15, -0.1) is 0 Å². The molecule has 3 rings (SSSR count). The first kappa shape index (κ1) is 25.9. The molecule has 188 valence electrons. The van der Waals surface area contributed by atoms with Gasteiger partial charge in [0.05, 0.1) is 17.9 Å². The predicted octanol–water partition coefficient (Wildman–Crippen LogP) is 3.91. The van der Waals surface area contributed by atoms with Crippen molar-refractivity contribution in [3.63, 3.8) is 0 Å². The Balaban J connectivity index is 1.73. The number of piperidine rings is 1. The van der Waals surface area contributed by atoms with E-state index in [-0.39, 0.29) is 12.0 Å². The molecular weight excluding hydrogens is 448 g/mol. The number of amides is 3. The zero-order chi connectivity index (χ0) is 25.8. The number of carbonyl (C=O) groups is 3. The molecule has 1 saturated heterocycles. The lowest BCUT2D eigenvalue weighted by Gasteiger charge is -2.38. The number of nitrogens with zero attached hydrogens (tertiary/aromatic N) is 3. The van der Waals surface area contributed by atoms with Crippen molar-refractivity contribution < 1.29 is 19.1 Å². The third kappa shape index (κ3) is 6.91. The van der Waals surface area contributed by atoms with Crippen molar-refractivity contribution in [2.45, 2.75) is 65.5 Å². The fourth-order valence-electron chi connectivity index (χ4n) is 4.01. The lowest BCUT2D eigenvalue weighted by Crippen LogP contribution is -2.46. The van der Waals surface area contributed by atoms with Gasteiger partial charge in [0.1, 0.15) is 17.2 Å². The summed E-state index contributed by atoms with van der Waals surface area (Å²) >= 11 is 0. The molecule has 0 bridgehead atoms. The van der Waals surface area contributed by atoms with Crippen LogP contribution in [0.3, 0.4) is 0 Å². The van der Waals surface area contributed by atoms with Gasteiger partial charge in [0.2, 0.25) is 0 Å². The number of ether oxygens (including phenoxy) is 1. The fraction of sp³-hybridized carbons (Fsp3) is 0.480. The van der Waals surface area contributed by atoms with Crippen LogP contribution in [-0.2, 0) is 20.7 Å². The highest BCUT2D eigenvalue weighted by atomic mass is 16.6. The van der Waals surface area contributed by atoms with Gasteiger partial charge in [-0.1, -0.05) is 19.9 Å². The molecule has 3 amide bonds. The summed E-state index contributed by atoms with van der Waals surface area (Å²) in [7, 11) is 0. The van der Waals surface area contributed by atoms with E-state index in [0.717, 1.165) is 18.4 Å². The minimum atomic E-state index is -0.746. The molecular formula is C25H34N6O4. The van der Waals surface area contributed by atoms with Crippen LogP contribution in [0.15, 0.2) is 30.6 Å². The molecule has 10 nitrogen and oxygen atoms in total. The first-order chi connectivity index (χ1) is 16.5. The monoisotopic (exact) mass is 482 g/mol. The van der Waals surface area contributed by atoms with Crippen molar-refractivity contribution in [1.29, 1.82) is 0 Å². The number of aromatic nitrogens is 2. The zero-order valence-corrected chi connectivity index (χ0v) is 20.9. The lowest BCUT2D eigenvalue weighted by molar-refractivity contribution is -0.146. The zero-order valence-electron chi connectivity index (χ0n) is 20.9. The Bertz CT molecular complexity index is 1080. The van der Waals surface area contributed by atoms with E-state index in [9.17, 15) is 14.4 Å². The molecule has 2 aromatic rings. The molecule has 1 aliphatic rings. The number of nitrogens with two attached hydrogens (primary N) is 1. The number of hydrogen-bond acceptors (Lipinski definition) is 7. The van der Waals surface area contributed by atoms with Crippen molar-refractivity contribution in [2.75, 3.05) is 22.9 Å². The fourth-order valence-corrected chi connectivity index (χ4v) is 4.01. The van der Waals surface area contributed by atoms with Crippen LogP contribution in [0, 0.1) is 5.92 Å². The summed E-state index contributed by atoms with van der Waals surface area (Å²) in [6.07, 6.45) is 4.66. The van der Waals surface area contributed by atoms with E-state index in [4.69, 9.17) is 10.5 Å². The minimum absolute atomic E-state index is 0.248. The molecule has 0 aliphatic carbocycles. The first-order valence-corrected chi connectivity index (χ1v) is 11.8. The summed E-state index contributed by atoms with van der Waals surface area (Å²) in [5, 5.41) is 5.29. The van der Waals surface area contributed by atoms with E-state index in [2.05, 4.69) is 27.5 Å². The van der Waals surface area contributed by atoms with E-state index in [1.807, 2.05) is 13.0 Å². The summed E-state index contributed by atoms with van der Waals surface area (Å²) in [6.45, 7) is 9.74. The van der Waals surface area contributed by atoms with Gasteiger partial charge in [0.25, 0.3) is 0 Å². The van der Waals surface area contributed by atoms with Crippen LogP contribution in [-0.4, -0.2) is 44.9 Å². The highest BCUT2D eigenvalue weighted by molar-refractivity contribution is 6.39. The van der Waals surface area contributed by atoms with Crippen LogP contribution in [0.25, 0.3) is 0 Å². The molecule has 2 aromatic heterocycles. The van der Waals surface area contributed by atoms with Crippen LogP contribution < -0.4 is 16.4 Å². The van der Waals surface area contributed by atoms with Gasteiger partial charge in [-0.25, -0.2) is 14.8 Å². The van der Waals surface area contributed by atoms with Crippen molar-refractivity contribution in [3.8, 4) is 0 Å². The number of aryl methyl sites for hydroxylation is 1. The molecule has 3 heterocycles. The van der Waals surface area contributed by atoms with E-state index in [0.29, 0.717) is 35.9 Å². The van der Waals surface area contributed by atoms with Gasteiger partial charge < -0.3 is 20.7 Å². The van der Waals surface area contributed by atoms with Crippen molar-refractivity contribution in [2.24, 2.45) is 5.92 Å². The maximum atomic E-state index is 13.2. The van der Waals surface area contributed by atoms with Crippen LogP contribution in [0.4, 0.5) is 22.1 Å². The summed E-state index contributed by atoms with van der Waals surface area (Å²) in [5.74, 6) is -0.350. The SMILES string of the molecule is CCc1cc(NC(=O)C(=O)N2C[C@@H](C)CC[C@@H]2c2ccc(N)nc2)cnc1NC(=O)OC(C)(C)C. The Kier molecular flexibility index (Phi) is 7.93. The summed E-state index contributed by atoms with van der Waals surface area (Å²) in [5.41, 5.74) is 6.97. The van der Waals surface area contributed by atoms with Crippen LogP contribution in [0.1, 0.15) is 64.6 Å². The highest BCUT2D eigenvalue weighted by Gasteiger charge is 2.34. The molecule has 35 heavy (non-hydrogen) atoms. The Morgan fingerprint density at radius 1 is 1.14 bits per heavy atom. The molecule has 1 fully saturated rings. The second-order valence-electron chi connectivity index (χ2n) is 9.84. The van der Waals surface area contributed by atoms with Crippen LogP contribution in [0.5, 0.6) is 0 Å². The maximum Gasteiger partial charge on any atom is 0.413 e. The van der Waals surface area contributed by atoms with Crippen LogP contribution in [0.2, 0.25) is 0 Å². The van der Waals surface area contributed by atoms with Gasteiger partial charge >= 0.3 is 17.9 Å². The number of hydrogen-bond donors (Lipinski definition) is 3. The number of carbonyl (C=O) groups excluding carboxylic acids is 3. The van der Waals surface area contributed by atoms with E-state index in [1.165, 1.54) is 6.20 Å². The quantitative estimate of drug-likeness (QED) is 0.561. The number of nitrogen functional groups attached to an aromatic ring is 1. The van der Waals surface area contributed by atoms with Gasteiger partial charge in [-0.05, 0) is 69.2 Å². The third-order valence-corrected chi connectivity index (χ3v) is 5.69. The van der Waals surface area contributed by atoms with E-state index in [1.54, 1.807) is 44.0 Å². The molecule has 4 N–H and O–H groups in total. The average Bonchev–Trinajstić information content (AvgIpc) is 2.79. The van der Waals surface area contributed by atoms with Gasteiger partial charge in [0.15, 0.2) is 0 Å². The average molecular weight is 483 g/mol. The number of nitrogens with one attached hydrogen (secondary N) is 2. The molecule has 0 spiro atoms. The Morgan fingerprint density at radius 3 is 2.51 bits per heavy atom. The summed E-state index contributed by atoms with van der Waals surface area (Å²) < 4.78 is 5.27. The minimum Gasteiger partial charge on any atom is -0.444 e. The van der Waals surface area contributed by atoms with Crippen molar-refractivity contribution >= 4 is 35.2 Å². The predicted molar refractivity (Wildman–Crippen MR) is 134 cm³/mol. The maximum absolute atomic E-state index is 13.2. The number of likely N-dealkylation sites (tertiary alicyclic amines) is 1. The first-order valence-electron chi connectivity index (χ1n) is 11.8. The number of anilines is 3. The normalized spacial score (nSPS) is 18.0. The summed E-state index contributed by atoms with van der Waals surface area (Å²) in [4.78, 5) is 48.2. The third-order valence-electron chi connectivity index (χ3n) is 5.69. The second-order valence-corrected chi connectivity index (χ2v) is 9.84. The van der Waals surface area contributed by atoms with Crippen LogP contribution >= 0.6 is 0 Å². The number of pyridine rings is 2. The van der Waals surface area contributed by atoms with E-state index >= 15 is 0 Å². The van der Waals surface area contributed by atoms with Crippen molar-refractivity contribution in [3.05, 3.63) is 41.7 Å². The van der Waals surface area contributed by atoms with Gasteiger partial charge in [-0.3, -0.25) is 14.9 Å². The lowest BCUT2D eigenvalue weighted by atomic mass is 9.90. The highest BCUT2D eigenvalue weighted by Crippen LogP contribution is 2.33. The molecule has 0 radical (unpaired) electrons. The molecule has 10 heteroatoms. The molecule has 2 atom stereocenters. The van der Waals surface area contributed by atoms with Gasteiger partial charge in [-0.2, -0.15) is 0 Å². The Labute approximate surface area is 205 Å². The molecule has 0 saturated carbocycles. The molecule has 1 aliphatic heterocycles. The molecule has 0 unspecified atom stereocenters. The largest absolute Gasteiger partial charge is 0.444 e. The standard InChI is InChI=1S/C25H34N6O4/c1-6-16-11-18(13-28-21(16)30-24(34)35-25(3,4)5)29-22(32)23(33)31-14-15(2)7-9-19(31)17-8-10-20(26)27-12-17/h8,10-13,15,19H,6-7,9,14H2,1-5H3,(H2,26,27)(H,29,32)(H,28,30,34)/t15-,19+/m0/s1. The van der Waals surface area contributed by atoms with Crippen molar-refractivity contribution in [1.82, 2.24) is 14.9 Å². The Hall–Kier alpha value is -3.69. The van der Waals surface area contributed by atoms with E-state index < -0.39 is 23.5 Å². The summed E-state index contributed by atoms with van der Waals surface area (Å²) in [6, 6.07) is 4.98. The van der Waals surface area contributed by atoms with Gasteiger partial charge in [0, 0.05) is 12.7 Å². The number of rotatable bonds is 4. The smallest absolute Gasteiger partial charge is 0.413 e. The molecule has 0 aromatic carbocycles. The second kappa shape index (κ2) is 10.7. The Morgan fingerprint density at radius 2 is 1.89 bits per heavy atom.